The largest absolute Gasteiger partial charge is 0.481 e. The number of hydrogen-bond acceptors (Lipinski definition) is 8. The minimum absolute atomic E-state index is 0.0339. The van der Waals surface area contributed by atoms with Crippen LogP contribution >= 0.6 is 7.82 Å². The fraction of sp³-hybridized carbons (Fsp3) is 0.324. The average molecular weight is 631 g/mol. The third-order valence-corrected chi connectivity index (χ3v) is 9.28. The first-order chi connectivity index (χ1) is 21.9. The molecule has 1 unspecified atom stereocenters. The minimum Gasteiger partial charge on any atom is -0.481 e. The molecule has 5 rings (SSSR count). The molecule has 2 N–H and O–H groups in total. The number of phosphoric acid groups is 1. The van der Waals surface area contributed by atoms with E-state index in [4.69, 9.17) is 23.6 Å². The zero-order chi connectivity index (χ0) is 31.6. The van der Waals surface area contributed by atoms with Gasteiger partial charge in [0.15, 0.2) is 0 Å². The normalized spacial score (nSPS) is 18.4. The molecule has 2 aliphatic carbocycles. The van der Waals surface area contributed by atoms with Crippen molar-refractivity contribution in [2.45, 2.75) is 44.2 Å². The molecule has 0 bridgehead atoms. The number of carbonyl (C=O) groups is 2. The summed E-state index contributed by atoms with van der Waals surface area (Å²) in [6.07, 6.45) is 2.57. The van der Waals surface area contributed by atoms with Crippen LogP contribution in [0.1, 0.15) is 48.3 Å². The number of nitrogens with one attached hydrogen (secondary N) is 1. The number of hydrogen-bond donors (Lipinski definition) is 2. The number of fused-ring (bicyclic) bond motifs is 3. The van der Waals surface area contributed by atoms with Crippen molar-refractivity contribution in [3.63, 3.8) is 0 Å². The molecular formula is C34H35N2O8P. The van der Waals surface area contributed by atoms with Gasteiger partial charge in [0.1, 0.15) is 6.61 Å². The van der Waals surface area contributed by atoms with Crippen LogP contribution in [0.4, 0.5) is 4.79 Å². The highest BCUT2D eigenvalue weighted by Crippen LogP contribution is 2.50. The number of ether oxygens (including phenoxy) is 1. The zero-order valence-corrected chi connectivity index (χ0v) is 25.6. The van der Waals surface area contributed by atoms with Gasteiger partial charge >= 0.3 is 19.9 Å². The van der Waals surface area contributed by atoms with E-state index in [0.717, 1.165) is 27.8 Å². The van der Waals surface area contributed by atoms with Crippen molar-refractivity contribution < 1.29 is 37.6 Å². The highest BCUT2D eigenvalue weighted by molar-refractivity contribution is 7.48. The van der Waals surface area contributed by atoms with Crippen molar-refractivity contribution >= 4 is 19.9 Å². The Hall–Kier alpha value is -4.26. The van der Waals surface area contributed by atoms with Gasteiger partial charge in [-0.15, -0.1) is 0 Å². The van der Waals surface area contributed by atoms with Crippen molar-refractivity contribution in [1.82, 2.24) is 5.32 Å². The van der Waals surface area contributed by atoms with Crippen LogP contribution in [0.2, 0.25) is 0 Å². The number of carboxylic acids is 1. The Bertz CT molecular complexity index is 1570. The molecule has 10 nitrogen and oxygen atoms in total. The predicted molar refractivity (Wildman–Crippen MR) is 166 cm³/mol. The molecular weight excluding hydrogens is 595 g/mol. The standard InChI is InChI=1S/C34H35N2O8P/c35-18-9-19-42-45(40,43-21-24-10-2-1-3-11-24)44-22-26(20-25-12-8-17-27(25)33(37)38)36-34(39)41-23-32-30-15-6-4-13-28(30)29-14-5-7-16-31(29)32/h1-7,10-11,13-16,20,26-27,32H,8-9,12,17,19,21-23H2,(H,36,39)(H,37,38)/b25-20-/t26-,27-,45?/m1/s1. The van der Waals surface area contributed by atoms with E-state index in [9.17, 15) is 19.3 Å². The second-order valence-corrected chi connectivity index (χ2v) is 12.5. The van der Waals surface area contributed by atoms with Crippen LogP contribution in [-0.4, -0.2) is 43.0 Å². The van der Waals surface area contributed by atoms with Gasteiger partial charge in [0.05, 0.1) is 44.3 Å². The van der Waals surface area contributed by atoms with Crippen molar-refractivity contribution in [2.75, 3.05) is 19.8 Å². The van der Waals surface area contributed by atoms with Crippen LogP contribution in [0.3, 0.4) is 0 Å². The van der Waals surface area contributed by atoms with Crippen molar-refractivity contribution in [1.29, 1.82) is 5.26 Å². The Morgan fingerprint density at radius 1 is 0.978 bits per heavy atom. The second kappa shape index (κ2) is 15.2. The monoisotopic (exact) mass is 630 g/mol. The Balaban J connectivity index is 1.29. The molecule has 0 spiro atoms. The quantitative estimate of drug-likeness (QED) is 0.110. The Morgan fingerprint density at radius 3 is 2.31 bits per heavy atom. The molecule has 11 heteroatoms. The molecule has 3 aromatic rings. The van der Waals surface area contributed by atoms with Gasteiger partial charge < -0.3 is 15.2 Å². The van der Waals surface area contributed by atoms with E-state index in [0.29, 0.717) is 24.8 Å². The topological polar surface area (TPSA) is 144 Å². The number of carbonyl (C=O) groups excluding carboxylic acids is 1. The first kappa shape index (κ1) is 32.1. The highest BCUT2D eigenvalue weighted by atomic mass is 31.2. The van der Waals surface area contributed by atoms with E-state index < -0.39 is 31.8 Å². The van der Waals surface area contributed by atoms with Crippen LogP contribution in [0.5, 0.6) is 0 Å². The maximum absolute atomic E-state index is 13.6. The van der Waals surface area contributed by atoms with Crippen molar-refractivity contribution in [2.24, 2.45) is 5.92 Å². The number of alkyl carbamates (subject to hydrolysis) is 1. The molecule has 3 atom stereocenters. The number of nitrogens with zero attached hydrogens (tertiary/aromatic N) is 1. The molecule has 0 saturated heterocycles. The van der Waals surface area contributed by atoms with Crippen LogP contribution in [-0.2, 0) is 34.3 Å². The summed E-state index contributed by atoms with van der Waals surface area (Å²) in [5, 5.41) is 21.4. The van der Waals surface area contributed by atoms with Gasteiger partial charge in [-0.2, -0.15) is 5.26 Å². The van der Waals surface area contributed by atoms with Crippen molar-refractivity contribution in [3.8, 4) is 17.2 Å². The van der Waals surface area contributed by atoms with Crippen LogP contribution in [0.25, 0.3) is 11.1 Å². The lowest BCUT2D eigenvalue weighted by molar-refractivity contribution is -0.140. The third kappa shape index (κ3) is 8.27. The number of benzene rings is 3. The minimum atomic E-state index is -4.19. The van der Waals surface area contributed by atoms with Gasteiger partial charge in [-0.3, -0.25) is 18.4 Å². The van der Waals surface area contributed by atoms with E-state index >= 15 is 0 Å². The van der Waals surface area contributed by atoms with Crippen LogP contribution in [0.15, 0.2) is 90.5 Å². The number of rotatable bonds is 14. The lowest BCUT2D eigenvalue weighted by Crippen LogP contribution is -2.38. The summed E-state index contributed by atoms with van der Waals surface area (Å²) in [7, 11) is -4.19. The molecule has 0 aromatic heterocycles. The number of phosphoric ester groups is 1. The molecule has 234 valence electrons. The first-order valence-electron chi connectivity index (χ1n) is 14.9. The Kier molecular flexibility index (Phi) is 10.8. The van der Waals surface area contributed by atoms with E-state index in [1.165, 1.54) is 0 Å². The summed E-state index contributed by atoms with van der Waals surface area (Å²) in [5.74, 6) is -1.79. The smallest absolute Gasteiger partial charge is 0.475 e. The van der Waals surface area contributed by atoms with Gasteiger partial charge in [0.2, 0.25) is 0 Å². The molecule has 1 saturated carbocycles. The predicted octanol–water partition coefficient (Wildman–Crippen LogP) is 6.98. The van der Waals surface area contributed by atoms with Crippen LogP contribution < -0.4 is 5.32 Å². The van der Waals surface area contributed by atoms with Crippen molar-refractivity contribution in [3.05, 3.63) is 107 Å². The van der Waals surface area contributed by atoms with Gasteiger partial charge in [-0.25, -0.2) is 9.36 Å². The first-order valence-corrected chi connectivity index (χ1v) is 16.3. The molecule has 1 amide bonds. The van der Waals surface area contributed by atoms with E-state index in [2.05, 4.69) is 5.32 Å². The Morgan fingerprint density at radius 2 is 1.64 bits per heavy atom. The maximum Gasteiger partial charge on any atom is 0.475 e. The van der Waals surface area contributed by atoms with Gasteiger partial charge in [0, 0.05) is 5.92 Å². The summed E-state index contributed by atoms with van der Waals surface area (Å²) >= 11 is 0. The van der Waals surface area contributed by atoms with E-state index in [1.54, 1.807) is 18.2 Å². The second-order valence-electron chi connectivity index (χ2n) is 10.8. The summed E-state index contributed by atoms with van der Waals surface area (Å²) < 4.78 is 35.9. The summed E-state index contributed by atoms with van der Waals surface area (Å²) in [6.45, 7) is -0.525. The molecule has 0 radical (unpaired) electrons. The fourth-order valence-electron chi connectivity index (χ4n) is 5.75. The number of amides is 1. The summed E-state index contributed by atoms with van der Waals surface area (Å²) in [6, 6.07) is 26.0. The maximum atomic E-state index is 13.6. The fourth-order valence-corrected chi connectivity index (χ4v) is 6.94. The summed E-state index contributed by atoms with van der Waals surface area (Å²) in [4.78, 5) is 25.0. The molecule has 45 heavy (non-hydrogen) atoms. The number of nitriles is 1. The lowest BCUT2D eigenvalue weighted by Gasteiger charge is -2.22. The number of carboxylic acid groups (broad SMARTS) is 1. The Labute approximate surface area is 262 Å². The molecule has 3 aromatic carbocycles. The van der Waals surface area contributed by atoms with E-state index in [-0.39, 0.29) is 38.8 Å². The molecule has 2 aliphatic rings. The molecule has 0 aliphatic heterocycles. The average Bonchev–Trinajstić information content (AvgIpc) is 3.65. The summed E-state index contributed by atoms with van der Waals surface area (Å²) in [5.41, 5.74) is 5.70. The molecule has 0 heterocycles. The van der Waals surface area contributed by atoms with Gasteiger partial charge in [-0.1, -0.05) is 90.5 Å². The zero-order valence-electron chi connectivity index (χ0n) is 24.7. The lowest BCUT2D eigenvalue weighted by atomic mass is 9.98. The highest BCUT2D eigenvalue weighted by Gasteiger charge is 2.33. The SMILES string of the molecule is N#CCCOP(=O)(OCc1ccccc1)OC[C@@H](/C=C1/CCC[C@H]1C(=O)O)NC(=O)OCC1c2ccccc2-c2ccccc21. The number of aliphatic carboxylic acids is 1. The van der Waals surface area contributed by atoms with Crippen LogP contribution in [0, 0.1) is 17.2 Å². The van der Waals surface area contributed by atoms with E-state index in [1.807, 2.05) is 72.8 Å². The van der Waals surface area contributed by atoms with Gasteiger partial charge in [0.25, 0.3) is 0 Å². The van der Waals surface area contributed by atoms with Gasteiger partial charge in [-0.05, 0) is 47.1 Å². The molecule has 1 fully saturated rings. The third-order valence-electron chi connectivity index (χ3n) is 7.87.